The molecule has 0 aliphatic carbocycles. The topological polar surface area (TPSA) is 69.1 Å². The summed E-state index contributed by atoms with van der Waals surface area (Å²) >= 11 is 0. The molecule has 5 nitrogen and oxygen atoms in total. The molecule has 0 atom stereocenters. The van der Waals surface area contributed by atoms with Crippen LogP contribution in [0.4, 0.5) is 5.82 Å². The lowest BCUT2D eigenvalue weighted by Crippen LogP contribution is -1.93. The maximum absolute atomic E-state index is 5.60. The largest absolute Gasteiger partial charge is 0.384 e. The molecule has 0 aliphatic heterocycles. The molecule has 0 fully saturated rings. The van der Waals surface area contributed by atoms with Crippen LogP contribution in [0.25, 0.3) is 17.0 Å². The van der Waals surface area contributed by atoms with Crippen LogP contribution in [-0.2, 0) is 0 Å². The second-order valence-electron chi connectivity index (χ2n) is 3.42. The first-order chi connectivity index (χ1) is 7.83. The molecule has 0 radical (unpaired) electrons. The predicted octanol–water partition coefficient (Wildman–Crippen LogP) is 1.37. The highest BCUT2D eigenvalue weighted by atomic mass is 15.1. The Labute approximate surface area is 91.6 Å². The zero-order valence-corrected chi connectivity index (χ0v) is 8.41. The van der Waals surface area contributed by atoms with Gasteiger partial charge in [0.15, 0.2) is 0 Å². The molecule has 0 saturated carbocycles. The Morgan fingerprint density at radius 3 is 2.69 bits per heavy atom. The van der Waals surface area contributed by atoms with Gasteiger partial charge in [-0.3, -0.25) is 9.38 Å². The standard InChI is InChI=1S/C11H9N5/c12-10-3-6-16-7-9(14-11(16)15-10)8-1-4-13-5-2-8/h1-7H,(H2,12,14,15). The van der Waals surface area contributed by atoms with Crippen LogP contribution in [0.3, 0.4) is 0 Å². The van der Waals surface area contributed by atoms with Crippen molar-refractivity contribution in [2.75, 3.05) is 5.73 Å². The van der Waals surface area contributed by atoms with E-state index in [4.69, 9.17) is 5.73 Å². The summed E-state index contributed by atoms with van der Waals surface area (Å²) in [4.78, 5) is 12.5. The number of rotatable bonds is 1. The molecule has 3 aromatic heterocycles. The minimum Gasteiger partial charge on any atom is -0.384 e. The Morgan fingerprint density at radius 1 is 1.06 bits per heavy atom. The average Bonchev–Trinajstić information content (AvgIpc) is 2.73. The molecule has 0 aromatic carbocycles. The number of nitrogens with zero attached hydrogens (tertiary/aromatic N) is 4. The van der Waals surface area contributed by atoms with Crippen molar-refractivity contribution in [1.29, 1.82) is 0 Å². The minimum atomic E-state index is 0.472. The summed E-state index contributed by atoms with van der Waals surface area (Å²) in [7, 11) is 0. The molecule has 5 heteroatoms. The summed E-state index contributed by atoms with van der Waals surface area (Å²) in [5.41, 5.74) is 7.47. The zero-order valence-electron chi connectivity index (χ0n) is 8.41. The second-order valence-corrected chi connectivity index (χ2v) is 3.42. The third-order valence-corrected chi connectivity index (χ3v) is 2.32. The molecule has 0 unspecified atom stereocenters. The Bertz CT molecular complexity index is 629. The fraction of sp³-hybridized carbons (Fsp3) is 0. The van der Waals surface area contributed by atoms with Gasteiger partial charge in [0.25, 0.3) is 0 Å². The maximum Gasteiger partial charge on any atom is 0.236 e. The van der Waals surface area contributed by atoms with E-state index in [0.29, 0.717) is 11.6 Å². The third kappa shape index (κ3) is 1.38. The van der Waals surface area contributed by atoms with Gasteiger partial charge in [-0.2, -0.15) is 4.98 Å². The number of nitrogens with two attached hydrogens (primary N) is 1. The van der Waals surface area contributed by atoms with E-state index in [1.807, 2.05) is 28.9 Å². The maximum atomic E-state index is 5.60. The fourth-order valence-electron chi connectivity index (χ4n) is 1.55. The molecule has 0 bridgehead atoms. The number of nitrogen functional groups attached to an aromatic ring is 1. The van der Waals surface area contributed by atoms with Gasteiger partial charge in [-0.25, -0.2) is 4.98 Å². The molecule has 0 spiro atoms. The quantitative estimate of drug-likeness (QED) is 0.660. The number of hydrogen-bond acceptors (Lipinski definition) is 4. The van der Waals surface area contributed by atoms with Crippen LogP contribution in [0.1, 0.15) is 0 Å². The number of pyridine rings is 1. The molecule has 16 heavy (non-hydrogen) atoms. The fourth-order valence-corrected chi connectivity index (χ4v) is 1.55. The van der Waals surface area contributed by atoms with Gasteiger partial charge in [-0.1, -0.05) is 0 Å². The van der Waals surface area contributed by atoms with Crippen LogP contribution < -0.4 is 5.73 Å². The monoisotopic (exact) mass is 211 g/mol. The van der Waals surface area contributed by atoms with E-state index in [9.17, 15) is 0 Å². The second kappa shape index (κ2) is 3.30. The van der Waals surface area contributed by atoms with E-state index in [2.05, 4.69) is 15.0 Å². The summed E-state index contributed by atoms with van der Waals surface area (Å²) in [5.74, 6) is 1.08. The highest BCUT2D eigenvalue weighted by Gasteiger charge is 2.04. The van der Waals surface area contributed by atoms with Gasteiger partial charge < -0.3 is 5.73 Å². The van der Waals surface area contributed by atoms with E-state index in [0.717, 1.165) is 11.3 Å². The molecule has 3 aromatic rings. The van der Waals surface area contributed by atoms with Crippen LogP contribution in [-0.4, -0.2) is 19.4 Å². The smallest absolute Gasteiger partial charge is 0.236 e. The number of fused-ring (bicyclic) bond motifs is 1. The van der Waals surface area contributed by atoms with Crippen LogP contribution in [0.5, 0.6) is 0 Å². The van der Waals surface area contributed by atoms with Crippen LogP contribution >= 0.6 is 0 Å². The zero-order chi connectivity index (χ0) is 11.0. The summed E-state index contributed by atoms with van der Waals surface area (Å²) in [5, 5.41) is 0. The molecule has 3 rings (SSSR count). The normalized spacial score (nSPS) is 10.8. The molecule has 0 saturated heterocycles. The van der Waals surface area contributed by atoms with Gasteiger partial charge in [0.05, 0.1) is 5.69 Å². The number of aromatic nitrogens is 4. The summed E-state index contributed by atoms with van der Waals surface area (Å²) in [6.45, 7) is 0. The van der Waals surface area contributed by atoms with E-state index in [-0.39, 0.29) is 0 Å². The first-order valence-electron chi connectivity index (χ1n) is 4.84. The van der Waals surface area contributed by atoms with Crippen molar-refractivity contribution in [2.45, 2.75) is 0 Å². The number of hydrogen-bond donors (Lipinski definition) is 1. The summed E-state index contributed by atoms with van der Waals surface area (Å²) in [6, 6.07) is 5.56. The van der Waals surface area contributed by atoms with Crippen molar-refractivity contribution in [3.05, 3.63) is 43.0 Å². The lowest BCUT2D eigenvalue weighted by molar-refractivity contribution is 1.11. The third-order valence-electron chi connectivity index (χ3n) is 2.32. The lowest BCUT2D eigenvalue weighted by Gasteiger charge is -1.91. The molecule has 0 amide bonds. The molecule has 3 heterocycles. The van der Waals surface area contributed by atoms with Gasteiger partial charge in [0.2, 0.25) is 5.78 Å². The summed E-state index contributed by atoms with van der Waals surface area (Å²) in [6.07, 6.45) is 7.23. The van der Waals surface area contributed by atoms with Crippen LogP contribution in [0.2, 0.25) is 0 Å². The van der Waals surface area contributed by atoms with Gasteiger partial charge in [0.1, 0.15) is 5.82 Å². The molecule has 0 aliphatic rings. The Hall–Kier alpha value is -2.43. The van der Waals surface area contributed by atoms with Crippen molar-refractivity contribution in [3.8, 4) is 11.3 Å². The first-order valence-corrected chi connectivity index (χ1v) is 4.84. The van der Waals surface area contributed by atoms with Gasteiger partial charge in [0, 0.05) is 30.4 Å². The highest BCUT2D eigenvalue weighted by Crippen LogP contribution is 2.17. The average molecular weight is 211 g/mol. The van der Waals surface area contributed by atoms with Crippen molar-refractivity contribution in [1.82, 2.24) is 19.4 Å². The Kier molecular flexibility index (Phi) is 1.83. The van der Waals surface area contributed by atoms with Gasteiger partial charge in [-0.15, -0.1) is 0 Å². The van der Waals surface area contributed by atoms with Crippen molar-refractivity contribution < 1.29 is 0 Å². The van der Waals surface area contributed by atoms with E-state index >= 15 is 0 Å². The van der Waals surface area contributed by atoms with E-state index < -0.39 is 0 Å². The Morgan fingerprint density at radius 2 is 1.88 bits per heavy atom. The lowest BCUT2D eigenvalue weighted by atomic mass is 10.2. The van der Waals surface area contributed by atoms with Gasteiger partial charge >= 0.3 is 0 Å². The van der Waals surface area contributed by atoms with Crippen molar-refractivity contribution >= 4 is 11.6 Å². The first kappa shape index (κ1) is 8.84. The SMILES string of the molecule is Nc1ccn2cc(-c3ccncc3)nc2n1. The Balaban J connectivity index is 2.19. The van der Waals surface area contributed by atoms with Crippen LogP contribution in [0.15, 0.2) is 43.0 Å². The molecular formula is C11H9N5. The molecular weight excluding hydrogens is 202 g/mol. The predicted molar refractivity (Wildman–Crippen MR) is 60.6 cm³/mol. The number of anilines is 1. The highest BCUT2D eigenvalue weighted by molar-refractivity contribution is 5.61. The molecule has 78 valence electrons. The van der Waals surface area contributed by atoms with Crippen molar-refractivity contribution in [3.63, 3.8) is 0 Å². The van der Waals surface area contributed by atoms with E-state index in [1.54, 1.807) is 18.5 Å². The number of imidazole rings is 1. The van der Waals surface area contributed by atoms with Gasteiger partial charge in [-0.05, 0) is 18.2 Å². The van der Waals surface area contributed by atoms with Crippen molar-refractivity contribution in [2.24, 2.45) is 0 Å². The minimum absolute atomic E-state index is 0.472. The van der Waals surface area contributed by atoms with E-state index in [1.165, 1.54) is 0 Å². The summed E-state index contributed by atoms with van der Waals surface area (Å²) < 4.78 is 1.84. The molecule has 2 N–H and O–H groups in total. The van der Waals surface area contributed by atoms with Crippen LogP contribution in [0, 0.1) is 0 Å².